The predicted octanol–water partition coefficient (Wildman–Crippen LogP) is 4.06. The van der Waals surface area contributed by atoms with Crippen molar-refractivity contribution in [3.8, 4) is 11.5 Å². The number of hydrazone groups is 1. The number of carbonyl (C=O) groups is 1. The number of hydrogen-bond acceptors (Lipinski definition) is 6. The quantitative estimate of drug-likeness (QED) is 0.464. The van der Waals surface area contributed by atoms with Gasteiger partial charge >= 0.3 is 0 Å². The molecule has 1 N–H and O–H groups in total. The van der Waals surface area contributed by atoms with Gasteiger partial charge in [-0.1, -0.05) is 17.7 Å². The molecule has 0 unspecified atom stereocenters. The number of nitrogens with zero attached hydrogens (tertiary/aromatic N) is 2. The van der Waals surface area contributed by atoms with E-state index < -0.39 is 22.5 Å². The van der Waals surface area contributed by atoms with Gasteiger partial charge in [0.1, 0.15) is 18.0 Å². The van der Waals surface area contributed by atoms with E-state index in [0.29, 0.717) is 17.9 Å². The average Bonchev–Trinajstić information content (AvgIpc) is 2.90. The van der Waals surface area contributed by atoms with Crippen LogP contribution in [0.1, 0.15) is 29.5 Å². The molecular weight excluding hydrogens is 478 g/mol. The first-order valence-electron chi connectivity index (χ1n) is 11.6. The van der Waals surface area contributed by atoms with Crippen molar-refractivity contribution in [2.75, 3.05) is 25.1 Å². The Hall–Kier alpha value is -3.85. The fourth-order valence-corrected chi connectivity index (χ4v) is 5.50. The van der Waals surface area contributed by atoms with Gasteiger partial charge in [-0.2, -0.15) is 5.10 Å². The zero-order valence-electron chi connectivity index (χ0n) is 20.5. The second kappa shape index (κ2) is 10.8. The number of amides is 1. The number of benzene rings is 3. The van der Waals surface area contributed by atoms with E-state index in [-0.39, 0.29) is 4.90 Å². The van der Waals surface area contributed by atoms with E-state index in [9.17, 15) is 13.2 Å². The molecule has 0 spiro atoms. The van der Waals surface area contributed by atoms with Crippen LogP contribution < -0.4 is 19.2 Å². The fraction of sp³-hybridized carbons (Fsp3) is 0.259. The third kappa shape index (κ3) is 5.52. The van der Waals surface area contributed by atoms with E-state index in [4.69, 9.17) is 9.47 Å². The Bertz CT molecular complexity index is 1370. The minimum atomic E-state index is -4.02. The highest BCUT2D eigenvalue weighted by molar-refractivity contribution is 7.92. The van der Waals surface area contributed by atoms with Gasteiger partial charge in [0.05, 0.1) is 30.5 Å². The molecule has 0 atom stereocenters. The van der Waals surface area contributed by atoms with E-state index >= 15 is 0 Å². The smallest absolute Gasteiger partial charge is 0.264 e. The highest BCUT2D eigenvalue weighted by atomic mass is 32.2. The number of ether oxygens (including phenoxy) is 2. The number of anilines is 1. The van der Waals surface area contributed by atoms with Crippen molar-refractivity contribution in [3.05, 3.63) is 83.4 Å². The molecule has 3 aromatic carbocycles. The maximum absolute atomic E-state index is 13.5. The van der Waals surface area contributed by atoms with Crippen LogP contribution in [0, 0.1) is 6.92 Å². The summed E-state index contributed by atoms with van der Waals surface area (Å²) in [6.45, 7) is 1.44. The van der Waals surface area contributed by atoms with Crippen LogP contribution in [0.25, 0.3) is 0 Å². The zero-order chi connectivity index (χ0) is 25.7. The van der Waals surface area contributed by atoms with Crippen LogP contribution in [0.4, 0.5) is 5.69 Å². The molecule has 3 aromatic rings. The summed E-state index contributed by atoms with van der Waals surface area (Å²) in [6.07, 6.45) is 2.51. The molecule has 0 fully saturated rings. The maximum Gasteiger partial charge on any atom is 0.264 e. The Labute approximate surface area is 211 Å². The van der Waals surface area contributed by atoms with Crippen molar-refractivity contribution in [1.29, 1.82) is 0 Å². The van der Waals surface area contributed by atoms with Gasteiger partial charge in [-0.25, -0.2) is 13.8 Å². The Morgan fingerprint density at radius 1 is 0.944 bits per heavy atom. The molecule has 0 bridgehead atoms. The van der Waals surface area contributed by atoms with Crippen LogP contribution in [0.3, 0.4) is 0 Å². The van der Waals surface area contributed by atoms with Crippen molar-refractivity contribution in [3.63, 3.8) is 0 Å². The molecule has 9 heteroatoms. The SMILES string of the molecule is COc1ccc(N(CC(=O)N/N=C2\CCCc3cc(OC)ccc32)S(=O)(=O)c2ccc(C)cc2)cc1. The number of methoxy groups -OCH3 is 2. The second-order valence-electron chi connectivity index (χ2n) is 8.49. The predicted molar refractivity (Wildman–Crippen MR) is 139 cm³/mol. The number of aryl methyl sites for hydroxylation is 2. The van der Waals surface area contributed by atoms with Crippen LogP contribution in [0.15, 0.2) is 76.7 Å². The lowest BCUT2D eigenvalue weighted by atomic mass is 9.90. The summed E-state index contributed by atoms with van der Waals surface area (Å²) in [5.74, 6) is 0.806. The van der Waals surface area contributed by atoms with Gasteiger partial charge in [-0.15, -0.1) is 0 Å². The van der Waals surface area contributed by atoms with E-state index in [1.165, 1.54) is 19.2 Å². The standard InChI is InChI=1S/C27H29N3O5S/c1-19-7-14-24(15-8-19)36(32,33)30(21-9-11-22(34-2)12-10-21)18-27(31)29-28-26-6-4-5-20-17-23(35-3)13-16-25(20)26/h7-17H,4-6,18H2,1-3H3,(H,29,31)/b28-26+. The number of fused-ring (bicyclic) bond motifs is 1. The van der Waals surface area contributed by atoms with Crippen LogP contribution in [-0.4, -0.2) is 40.8 Å². The molecule has 0 aliphatic heterocycles. The molecule has 0 saturated heterocycles. The van der Waals surface area contributed by atoms with E-state index in [0.717, 1.165) is 45.3 Å². The van der Waals surface area contributed by atoms with Crippen molar-refractivity contribution in [2.24, 2.45) is 5.10 Å². The lowest BCUT2D eigenvalue weighted by molar-refractivity contribution is -0.119. The first-order valence-corrected chi connectivity index (χ1v) is 13.0. The molecule has 8 nitrogen and oxygen atoms in total. The Balaban J connectivity index is 1.59. The van der Waals surface area contributed by atoms with E-state index in [1.807, 2.05) is 25.1 Å². The van der Waals surface area contributed by atoms with Gasteiger partial charge in [0, 0.05) is 5.56 Å². The molecular formula is C27H29N3O5S. The van der Waals surface area contributed by atoms with Crippen LogP contribution in [-0.2, 0) is 21.2 Å². The molecule has 36 heavy (non-hydrogen) atoms. The summed E-state index contributed by atoms with van der Waals surface area (Å²) < 4.78 is 38.6. The lowest BCUT2D eigenvalue weighted by Crippen LogP contribution is -2.40. The Morgan fingerprint density at radius 2 is 1.61 bits per heavy atom. The second-order valence-corrected chi connectivity index (χ2v) is 10.4. The molecule has 0 heterocycles. The highest BCUT2D eigenvalue weighted by Gasteiger charge is 2.27. The number of rotatable bonds is 8. The number of nitrogens with one attached hydrogen (secondary N) is 1. The summed E-state index contributed by atoms with van der Waals surface area (Å²) in [4.78, 5) is 13.1. The maximum atomic E-state index is 13.5. The lowest BCUT2D eigenvalue weighted by Gasteiger charge is -2.24. The third-order valence-corrected chi connectivity index (χ3v) is 7.84. The molecule has 0 aromatic heterocycles. The number of carbonyl (C=O) groups excluding carboxylic acids is 1. The normalized spacial score (nSPS) is 14.1. The molecule has 1 amide bonds. The first kappa shape index (κ1) is 25.2. The Kier molecular flexibility index (Phi) is 7.59. The topological polar surface area (TPSA) is 97.3 Å². The van der Waals surface area contributed by atoms with Crippen molar-refractivity contribution in [2.45, 2.75) is 31.1 Å². The summed E-state index contributed by atoms with van der Waals surface area (Å²) in [5, 5.41) is 4.36. The van der Waals surface area contributed by atoms with Gasteiger partial charge in [0.2, 0.25) is 0 Å². The highest BCUT2D eigenvalue weighted by Crippen LogP contribution is 2.27. The molecule has 0 saturated carbocycles. The summed E-state index contributed by atoms with van der Waals surface area (Å²) in [5.41, 5.74) is 6.66. The summed E-state index contributed by atoms with van der Waals surface area (Å²) in [6, 6.07) is 18.8. The van der Waals surface area contributed by atoms with Crippen molar-refractivity contribution in [1.82, 2.24) is 5.43 Å². The minimum absolute atomic E-state index is 0.0955. The molecule has 4 rings (SSSR count). The van der Waals surface area contributed by atoms with Crippen LogP contribution >= 0.6 is 0 Å². The van der Waals surface area contributed by atoms with Gasteiger partial charge in [-0.3, -0.25) is 9.10 Å². The van der Waals surface area contributed by atoms with Crippen LogP contribution in [0.5, 0.6) is 11.5 Å². The average molecular weight is 508 g/mol. The van der Waals surface area contributed by atoms with E-state index in [2.05, 4.69) is 10.5 Å². The summed E-state index contributed by atoms with van der Waals surface area (Å²) >= 11 is 0. The largest absolute Gasteiger partial charge is 0.497 e. The number of sulfonamides is 1. The zero-order valence-corrected chi connectivity index (χ0v) is 21.3. The van der Waals surface area contributed by atoms with Crippen molar-refractivity contribution < 1.29 is 22.7 Å². The molecule has 1 aliphatic rings. The monoisotopic (exact) mass is 507 g/mol. The van der Waals surface area contributed by atoms with Crippen LogP contribution in [0.2, 0.25) is 0 Å². The summed E-state index contributed by atoms with van der Waals surface area (Å²) in [7, 11) is -0.862. The van der Waals surface area contributed by atoms with Gasteiger partial charge < -0.3 is 9.47 Å². The molecule has 1 aliphatic carbocycles. The Morgan fingerprint density at radius 3 is 2.28 bits per heavy atom. The molecule has 188 valence electrons. The third-order valence-electron chi connectivity index (χ3n) is 6.06. The first-order chi connectivity index (χ1) is 17.3. The molecule has 0 radical (unpaired) electrons. The van der Waals surface area contributed by atoms with Gasteiger partial charge in [0.15, 0.2) is 0 Å². The van der Waals surface area contributed by atoms with Gasteiger partial charge in [-0.05, 0) is 86.3 Å². The fourth-order valence-electron chi connectivity index (χ4n) is 4.08. The van der Waals surface area contributed by atoms with Crippen molar-refractivity contribution >= 4 is 27.3 Å². The van der Waals surface area contributed by atoms with Gasteiger partial charge in [0.25, 0.3) is 15.9 Å². The van der Waals surface area contributed by atoms with E-state index in [1.54, 1.807) is 43.5 Å². The minimum Gasteiger partial charge on any atom is -0.497 e. The number of hydrogen-bond donors (Lipinski definition) is 1.